The molecule has 1 N–H and O–H groups in total. The second-order valence-electron chi connectivity index (χ2n) is 5.79. The van der Waals surface area contributed by atoms with E-state index in [-0.39, 0.29) is 0 Å². The van der Waals surface area contributed by atoms with Gasteiger partial charge in [-0.25, -0.2) is 0 Å². The minimum Gasteiger partial charge on any atom is -0.371 e. The highest BCUT2D eigenvalue weighted by atomic mass is 15.1. The number of para-hydroxylation sites is 1. The fourth-order valence-corrected chi connectivity index (χ4v) is 2.94. The van der Waals surface area contributed by atoms with E-state index in [0.717, 1.165) is 25.2 Å². The van der Waals surface area contributed by atoms with E-state index in [1.807, 2.05) is 24.3 Å². The fourth-order valence-electron chi connectivity index (χ4n) is 2.94. The molecule has 1 aliphatic rings. The Balaban J connectivity index is 1.47. The smallest absolute Gasteiger partial charge is 0.0991 e. The van der Waals surface area contributed by atoms with Crippen molar-refractivity contribution in [2.75, 3.05) is 18.0 Å². The third-order valence-electron chi connectivity index (χ3n) is 4.29. The second kappa shape index (κ2) is 7.11. The summed E-state index contributed by atoms with van der Waals surface area (Å²) in [6.45, 7) is 3.09. The first kappa shape index (κ1) is 14.6. The molecule has 0 radical (unpaired) electrons. The largest absolute Gasteiger partial charge is 0.371 e. The van der Waals surface area contributed by atoms with Crippen molar-refractivity contribution in [1.29, 1.82) is 5.26 Å². The molecule has 1 fully saturated rings. The summed E-state index contributed by atoms with van der Waals surface area (Å²) < 4.78 is 0. The van der Waals surface area contributed by atoms with Crippen LogP contribution in [0.2, 0.25) is 0 Å². The maximum Gasteiger partial charge on any atom is 0.0991 e. The highest BCUT2D eigenvalue weighted by molar-refractivity contribution is 5.46. The lowest BCUT2D eigenvalue weighted by Gasteiger charge is -2.34. The number of nitriles is 1. The molecular weight excluding hydrogens is 270 g/mol. The van der Waals surface area contributed by atoms with Crippen LogP contribution in [0.3, 0.4) is 0 Å². The first-order valence-electron chi connectivity index (χ1n) is 7.87. The molecule has 2 aromatic carbocycles. The third kappa shape index (κ3) is 3.66. The van der Waals surface area contributed by atoms with Gasteiger partial charge in [0, 0.05) is 31.4 Å². The van der Waals surface area contributed by atoms with Gasteiger partial charge >= 0.3 is 0 Å². The predicted molar refractivity (Wildman–Crippen MR) is 89.7 cm³/mol. The number of nitrogens with one attached hydrogen (secondary N) is 1. The highest BCUT2D eigenvalue weighted by Crippen LogP contribution is 2.19. The maximum absolute atomic E-state index is 8.81. The van der Waals surface area contributed by atoms with Crippen molar-refractivity contribution in [3.8, 4) is 6.07 Å². The SMILES string of the molecule is N#Cc1ccc(CNC2CCN(c3ccccc3)CC2)cc1. The van der Waals surface area contributed by atoms with E-state index in [2.05, 4.69) is 46.6 Å². The zero-order valence-corrected chi connectivity index (χ0v) is 12.7. The Morgan fingerprint density at radius 3 is 2.32 bits per heavy atom. The minimum atomic E-state index is 0.579. The molecule has 0 aliphatic carbocycles. The predicted octanol–water partition coefficient (Wildman–Crippen LogP) is 3.32. The highest BCUT2D eigenvalue weighted by Gasteiger charge is 2.18. The standard InChI is InChI=1S/C19H21N3/c20-14-16-6-8-17(9-7-16)15-21-18-10-12-22(13-11-18)19-4-2-1-3-5-19/h1-9,18,21H,10-13,15H2. The van der Waals surface area contributed by atoms with Crippen molar-refractivity contribution in [3.63, 3.8) is 0 Å². The number of rotatable bonds is 4. The zero-order chi connectivity index (χ0) is 15.2. The van der Waals surface area contributed by atoms with Gasteiger partial charge in [-0.2, -0.15) is 5.26 Å². The molecule has 0 atom stereocenters. The van der Waals surface area contributed by atoms with Gasteiger partial charge in [0.15, 0.2) is 0 Å². The van der Waals surface area contributed by atoms with Crippen LogP contribution in [0.4, 0.5) is 5.69 Å². The van der Waals surface area contributed by atoms with Crippen LogP contribution in [0.15, 0.2) is 54.6 Å². The average Bonchev–Trinajstić information content (AvgIpc) is 2.61. The molecule has 3 rings (SSSR count). The second-order valence-corrected chi connectivity index (χ2v) is 5.79. The molecule has 3 nitrogen and oxygen atoms in total. The van der Waals surface area contributed by atoms with Gasteiger partial charge in [-0.05, 0) is 42.7 Å². The van der Waals surface area contributed by atoms with Crippen molar-refractivity contribution in [2.45, 2.75) is 25.4 Å². The van der Waals surface area contributed by atoms with Crippen molar-refractivity contribution in [3.05, 3.63) is 65.7 Å². The van der Waals surface area contributed by atoms with Gasteiger partial charge in [-0.3, -0.25) is 0 Å². The maximum atomic E-state index is 8.81. The number of anilines is 1. The summed E-state index contributed by atoms with van der Waals surface area (Å²) in [7, 11) is 0. The third-order valence-corrected chi connectivity index (χ3v) is 4.29. The first-order chi connectivity index (χ1) is 10.8. The summed E-state index contributed by atoms with van der Waals surface area (Å²) in [6.07, 6.45) is 2.34. The molecule has 0 aromatic heterocycles. The summed E-state index contributed by atoms with van der Waals surface area (Å²) in [6, 6.07) is 21.2. The van der Waals surface area contributed by atoms with Crippen LogP contribution in [0.1, 0.15) is 24.0 Å². The van der Waals surface area contributed by atoms with Crippen LogP contribution in [0.5, 0.6) is 0 Å². The minimum absolute atomic E-state index is 0.579. The van der Waals surface area contributed by atoms with Crippen molar-refractivity contribution < 1.29 is 0 Å². The molecule has 112 valence electrons. The number of nitrogens with zero attached hydrogens (tertiary/aromatic N) is 2. The summed E-state index contributed by atoms with van der Waals surface area (Å²) in [4.78, 5) is 2.46. The van der Waals surface area contributed by atoms with E-state index < -0.39 is 0 Å². The van der Waals surface area contributed by atoms with Crippen LogP contribution >= 0.6 is 0 Å². The van der Waals surface area contributed by atoms with Crippen molar-refractivity contribution in [2.24, 2.45) is 0 Å². The average molecular weight is 291 g/mol. The van der Waals surface area contributed by atoms with Gasteiger partial charge in [-0.1, -0.05) is 30.3 Å². The molecule has 0 bridgehead atoms. The number of hydrogen-bond acceptors (Lipinski definition) is 3. The van der Waals surface area contributed by atoms with Crippen LogP contribution in [-0.2, 0) is 6.54 Å². The molecule has 1 saturated heterocycles. The number of piperidine rings is 1. The Labute approximate surface area is 132 Å². The lowest BCUT2D eigenvalue weighted by atomic mass is 10.0. The summed E-state index contributed by atoms with van der Waals surface area (Å²) in [5, 5.41) is 12.4. The van der Waals surface area contributed by atoms with E-state index in [9.17, 15) is 0 Å². The molecule has 0 spiro atoms. The van der Waals surface area contributed by atoms with Gasteiger partial charge in [0.2, 0.25) is 0 Å². The number of benzene rings is 2. The van der Waals surface area contributed by atoms with Crippen molar-refractivity contribution >= 4 is 5.69 Å². The Morgan fingerprint density at radius 1 is 1.00 bits per heavy atom. The lowest BCUT2D eigenvalue weighted by Crippen LogP contribution is -2.42. The van der Waals surface area contributed by atoms with Gasteiger partial charge in [0.05, 0.1) is 11.6 Å². The van der Waals surface area contributed by atoms with E-state index >= 15 is 0 Å². The Morgan fingerprint density at radius 2 is 1.68 bits per heavy atom. The summed E-state index contributed by atoms with van der Waals surface area (Å²) in [5.74, 6) is 0. The van der Waals surface area contributed by atoms with Gasteiger partial charge < -0.3 is 10.2 Å². The molecule has 1 heterocycles. The first-order valence-corrected chi connectivity index (χ1v) is 7.87. The van der Waals surface area contributed by atoms with Crippen LogP contribution in [0, 0.1) is 11.3 Å². The van der Waals surface area contributed by atoms with E-state index in [1.54, 1.807) is 0 Å². The van der Waals surface area contributed by atoms with Crippen LogP contribution in [-0.4, -0.2) is 19.1 Å². The summed E-state index contributed by atoms with van der Waals surface area (Å²) in [5.41, 5.74) is 3.29. The molecule has 0 amide bonds. The topological polar surface area (TPSA) is 39.1 Å². The Kier molecular flexibility index (Phi) is 4.72. The van der Waals surface area contributed by atoms with Gasteiger partial charge in [0.1, 0.15) is 0 Å². The molecule has 0 unspecified atom stereocenters. The molecule has 22 heavy (non-hydrogen) atoms. The molecule has 2 aromatic rings. The lowest BCUT2D eigenvalue weighted by molar-refractivity contribution is 0.414. The molecular formula is C19H21N3. The Hall–Kier alpha value is -2.31. The fraction of sp³-hybridized carbons (Fsp3) is 0.316. The molecule has 1 aliphatic heterocycles. The van der Waals surface area contributed by atoms with Crippen LogP contribution < -0.4 is 10.2 Å². The monoisotopic (exact) mass is 291 g/mol. The zero-order valence-electron chi connectivity index (χ0n) is 12.7. The quantitative estimate of drug-likeness (QED) is 0.939. The molecule has 3 heteroatoms. The van der Waals surface area contributed by atoms with Gasteiger partial charge in [-0.15, -0.1) is 0 Å². The van der Waals surface area contributed by atoms with Crippen molar-refractivity contribution in [1.82, 2.24) is 5.32 Å². The number of hydrogen-bond donors (Lipinski definition) is 1. The van der Waals surface area contributed by atoms with E-state index in [1.165, 1.54) is 24.1 Å². The summed E-state index contributed by atoms with van der Waals surface area (Å²) >= 11 is 0. The normalized spacial score (nSPS) is 15.5. The van der Waals surface area contributed by atoms with Gasteiger partial charge in [0.25, 0.3) is 0 Å². The van der Waals surface area contributed by atoms with E-state index in [0.29, 0.717) is 6.04 Å². The van der Waals surface area contributed by atoms with Crippen LogP contribution in [0.25, 0.3) is 0 Å². The van der Waals surface area contributed by atoms with E-state index in [4.69, 9.17) is 5.26 Å². The molecule has 0 saturated carbocycles. The Bertz CT molecular complexity index is 620.